The number of rotatable bonds is 5. The Morgan fingerprint density at radius 3 is 2.37 bits per heavy atom. The van der Waals surface area contributed by atoms with Crippen molar-refractivity contribution in [3.8, 4) is 0 Å². The lowest BCUT2D eigenvalue weighted by Crippen LogP contribution is -2.33. The maximum atomic E-state index is 11.5. The zero-order valence-electron chi connectivity index (χ0n) is 9.83. The van der Waals surface area contributed by atoms with Gasteiger partial charge in [-0.1, -0.05) is 87.5 Å². The van der Waals surface area contributed by atoms with Crippen molar-refractivity contribution in [1.82, 2.24) is 0 Å². The third kappa shape index (κ3) is 4.99. The molecule has 0 aromatic heterocycles. The van der Waals surface area contributed by atoms with Crippen molar-refractivity contribution in [3.63, 3.8) is 0 Å². The molecule has 0 bridgehead atoms. The lowest BCUT2D eigenvalue weighted by Gasteiger charge is -2.24. The van der Waals surface area contributed by atoms with Crippen LogP contribution in [-0.4, -0.2) is 27.6 Å². The summed E-state index contributed by atoms with van der Waals surface area (Å²) in [5.74, 6) is -0.322. The predicted octanol–water partition coefficient (Wildman–Crippen LogP) is 5.24. The van der Waals surface area contributed by atoms with Crippen molar-refractivity contribution < 1.29 is 9.53 Å². The van der Waals surface area contributed by atoms with Crippen LogP contribution >= 0.6 is 75.3 Å². The Labute approximate surface area is 151 Å². The molecule has 7 heteroatoms. The number of methoxy groups -OCH3 is 1. The van der Waals surface area contributed by atoms with Gasteiger partial charge in [0.05, 0.1) is 16.8 Å². The van der Waals surface area contributed by atoms with Gasteiger partial charge in [0, 0.05) is 9.85 Å². The van der Waals surface area contributed by atoms with E-state index in [0.29, 0.717) is 5.02 Å². The van der Waals surface area contributed by atoms with Crippen LogP contribution in [-0.2, 0) is 9.53 Å². The molecule has 0 amide bonds. The lowest BCUT2D eigenvalue weighted by atomic mass is 10.1. The molecule has 19 heavy (non-hydrogen) atoms. The number of carbonyl (C=O) groups is 1. The SMILES string of the molecule is COC(=O)[C@H](Br)[C@H](Br)[C@@H](Br)[C@@H](Br)c1cccc(Cl)c1. The van der Waals surface area contributed by atoms with Gasteiger partial charge in [-0.15, -0.1) is 0 Å². The summed E-state index contributed by atoms with van der Waals surface area (Å²) in [7, 11) is 1.36. The predicted molar refractivity (Wildman–Crippen MR) is 93.3 cm³/mol. The summed E-state index contributed by atoms with van der Waals surface area (Å²) in [6.07, 6.45) is 0. The Bertz CT molecular complexity index is 443. The molecule has 0 aliphatic heterocycles. The molecule has 0 fully saturated rings. The molecule has 0 saturated carbocycles. The lowest BCUT2D eigenvalue weighted by molar-refractivity contribution is -0.139. The number of benzene rings is 1. The summed E-state index contributed by atoms with van der Waals surface area (Å²) < 4.78 is 4.71. The molecule has 1 aromatic rings. The van der Waals surface area contributed by atoms with Crippen LogP contribution in [0.25, 0.3) is 0 Å². The monoisotopic (exact) mass is 538 g/mol. The van der Waals surface area contributed by atoms with Crippen molar-refractivity contribution in [2.75, 3.05) is 7.11 Å². The number of ether oxygens (including phenoxy) is 1. The normalized spacial score (nSPS) is 17.4. The summed E-state index contributed by atoms with van der Waals surface area (Å²) in [5, 5.41) is 0.677. The van der Waals surface area contributed by atoms with Gasteiger partial charge < -0.3 is 4.74 Å². The van der Waals surface area contributed by atoms with Crippen molar-refractivity contribution in [2.24, 2.45) is 0 Å². The minimum Gasteiger partial charge on any atom is -0.468 e. The van der Waals surface area contributed by atoms with Gasteiger partial charge in [-0.25, -0.2) is 0 Å². The molecule has 0 unspecified atom stereocenters. The summed E-state index contributed by atoms with van der Waals surface area (Å²) in [6.45, 7) is 0. The minimum absolute atomic E-state index is 0.000260. The fourth-order valence-electron chi connectivity index (χ4n) is 1.43. The van der Waals surface area contributed by atoms with Crippen molar-refractivity contribution in [2.45, 2.75) is 19.3 Å². The van der Waals surface area contributed by atoms with Crippen LogP contribution in [0.5, 0.6) is 0 Å². The Morgan fingerprint density at radius 1 is 1.21 bits per heavy atom. The van der Waals surface area contributed by atoms with Gasteiger partial charge >= 0.3 is 5.97 Å². The van der Waals surface area contributed by atoms with Gasteiger partial charge in [-0.3, -0.25) is 4.79 Å². The number of alkyl halides is 4. The van der Waals surface area contributed by atoms with Crippen LogP contribution in [0.4, 0.5) is 0 Å². The Morgan fingerprint density at radius 2 is 1.84 bits per heavy atom. The third-order valence-corrected chi connectivity index (χ3v) is 9.06. The molecule has 2 nitrogen and oxygen atoms in total. The largest absolute Gasteiger partial charge is 0.468 e. The van der Waals surface area contributed by atoms with Crippen molar-refractivity contribution >= 4 is 81.3 Å². The number of esters is 1. The Hall–Kier alpha value is 0.900. The summed E-state index contributed by atoms with van der Waals surface area (Å²) in [6, 6.07) is 7.57. The summed E-state index contributed by atoms with van der Waals surface area (Å²) >= 11 is 20.0. The zero-order valence-corrected chi connectivity index (χ0v) is 16.9. The molecule has 1 rings (SSSR count). The summed E-state index contributed by atoms with van der Waals surface area (Å²) in [4.78, 5) is 10.9. The number of halogens is 5. The first kappa shape index (κ1) is 18.0. The van der Waals surface area contributed by atoms with E-state index in [0.717, 1.165) is 5.56 Å². The van der Waals surface area contributed by atoms with E-state index in [1.807, 2.05) is 24.3 Å². The van der Waals surface area contributed by atoms with E-state index in [2.05, 4.69) is 63.7 Å². The maximum Gasteiger partial charge on any atom is 0.320 e. The molecular weight excluding hydrogens is 531 g/mol. The highest BCUT2D eigenvalue weighted by Crippen LogP contribution is 2.38. The van der Waals surface area contributed by atoms with E-state index in [-0.39, 0.29) is 20.5 Å². The second-order valence-electron chi connectivity index (χ2n) is 3.77. The van der Waals surface area contributed by atoms with E-state index in [1.165, 1.54) is 7.11 Å². The quantitative estimate of drug-likeness (QED) is 0.376. The second kappa shape index (κ2) is 8.37. The Balaban J connectivity index is 2.81. The smallest absolute Gasteiger partial charge is 0.320 e. The van der Waals surface area contributed by atoms with Gasteiger partial charge in [0.1, 0.15) is 4.83 Å². The van der Waals surface area contributed by atoms with Gasteiger partial charge in [0.15, 0.2) is 0 Å². The topological polar surface area (TPSA) is 26.3 Å². The highest BCUT2D eigenvalue weighted by Gasteiger charge is 2.34. The highest BCUT2D eigenvalue weighted by atomic mass is 79.9. The number of carbonyl (C=O) groups excluding carboxylic acids is 1. The maximum absolute atomic E-state index is 11.5. The fraction of sp³-hybridized carbons (Fsp3) is 0.417. The molecular formula is C12H11Br4ClO2. The van der Waals surface area contributed by atoms with E-state index in [4.69, 9.17) is 16.3 Å². The fourth-order valence-corrected chi connectivity index (χ4v) is 4.71. The van der Waals surface area contributed by atoms with E-state index in [9.17, 15) is 4.79 Å². The number of hydrogen-bond donors (Lipinski definition) is 0. The van der Waals surface area contributed by atoms with Crippen LogP contribution < -0.4 is 0 Å². The standard InChI is InChI=1S/C12H11Br4ClO2/c1-19-12(18)11(16)10(15)9(14)8(13)6-3-2-4-7(17)5-6/h2-5,8-11H,1H3/t8-,9-,10+,11+/m0/s1. The van der Waals surface area contributed by atoms with Gasteiger partial charge in [-0.05, 0) is 17.7 Å². The van der Waals surface area contributed by atoms with Crippen molar-refractivity contribution in [3.05, 3.63) is 34.9 Å². The van der Waals surface area contributed by atoms with Crippen LogP contribution in [0, 0.1) is 0 Å². The van der Waals surface area contributed by atoms with E-state index < -0.39 is 4.83 Å². The first-order chi connectivity index (χ1) is 8.88. The molecule has 4 atom stereocenters. The van der Waals surface area contributed by atoms with E-state index >= 15 is 0 Å². The molecule has 0 heterocycles. The average Bonchev–Trinajstić information content (AvgIpc) is 2.43. The molecule has 106 valence electrons. The third-order valence-electron chi connectivity index (χ3n) is 2.46. The van der Waals surface area contributed by atoms with Gasteiger partial charge in [0.25, 0.3) is 0 Å². The molecule has 0 spiro atoms. The second-order valence-corrected chi connectivity index (χ2v) is 8.29. The average molecular weight is 542 g/mol. The molecule has 0 aliphatic carbocycles. The van der Waals surface area contributed by atoms with E-state index in [1.54, 1.807) is 0 Å². The van der Waals surface area contributed by atoms with Crippen LogP contribution in [0.1, 0.15) is 10.4 Å². The number of hydrogen-bond acceptors (Lipinski definition) is 2. The molecule has 0 saturated heterocycles. The van der Waals surface area contributed by atoms with Gasteiger partial charge in [0.2, 0.25) is 0 Å². The summed E-state index contributed by atoms with van der Waals surface area (Å²) in [5.41, 5.74) is 1.03. The first-order valence-corrected chi connectivity index (χ1v) is 9.32. The Kier molecular flexibility index (Phi) is 7.91. The molecule has 0 radical (unpaired) electrons. The first-order valence-electron chi connectivity index (χ1n) is 5.28. The van der Waals surface area contributed by atoms with Crippen LogP contribution in [0.15, 0.2) is 24.3 Å². The van der Waals surface area contributed by atoms with Crippen LogP contribution in [0.2, 0.25) is 5.02 Å². The van der Waals surface area contributed by atoms with Crippen LogP contribution in [0.3, 0.4) is 0 Å². The highest BCUT2D eigenvalue weighted by molar-refractivity contribution is 9.14. The zero-order chi connectivity index (χ0) is 14.6. The molecule has 1 aromatic carbocycles. The minimum atomic E-state index is -0.443. The van der Waals surface area contributed by atoms with Crippen molar-refractivity contribution in [1.29, 1.82) is 0 Å². The molecule has 0 N–H and O–H groups in total. The van der Waals surface area contributed by atoms with Gasteiger partial charge in [-0.2, -0.15) is 0 Å². The molecule has 0 aliphatic rings.